The number of esters is 1. The average Bonchev–Trinajstić information content (AvgIpc) is 2.54. The van der Waals surface area contributed by atoms with Gasteiger partial charge < -0.3 is 9.47 Å². The van der Waals surface area contributed by atoms with E-state index in [0.717, 1.165) is 15.6 Å². The van der Waals surface area contributed by atoms with Gasteiger partial charge in [0, 0.05) is 6.08 Å². The molecular weight excluding hydrogens is 363 g/mol. The molecule has 0 spiro atoms. The maximum absolute atomic E-state index is 12.8. The average molecular weight is 379 g/mol. The Balaban J connectivity index is 1.99. The molecule has 0 aliphatic carbocycles. The second-order valence-electron chi connectivity index (χ2n) is 4.69. The Morgan fingerprint density at radius 2 is 1.96 bits per heavy atom. The van der Waals surface area contributed by atoms with E-state index in [2.05, 4.69) is 15.9 Å². The van der Waals surface area contributed by atoms with E-state index in [0.29, 0.717) is 19.0 Å². The Bertz CT molecular complexity index is 696. The van der Waals surface area contributed by atoms with Gasteiger partial charge in [-0.1, -0.05) is 18.2 Å². The predicted molar refractivity (Wildman–Crippen MR) is 90.5 cm³/mol. The summed E-state index contributed by atoms with van der Waals surface area (Å²) >= 11 is 3.44. The Kier molecular flexibility index (Phi) is 6.35. The van der Waals surface area contributed by atoms with E-state index in [1.807, 2.05) is 12.1 Å². The Hall–Kier alpha value is -2.14. The lowest BCUT2D eigenvalue weighted by atomic mass is 10.2. The summed E-state index contributed by atoms with van der Waals surface area (Å²) in [6.07, 6.45) is 3.05. The molecule has 0 heterocycles. The Labute approximate surface area is 142 Å². The summed E-state index contributed by atoms with van der Waals surface area (Å²) in [4.78, 5) is 11.3. The zero-order valence-electron chi connectivity index (χ0n) is 12.6. The van der Waals surface area contributed by atoms with Crippen molar-refractivity contribution in [3.05, 3.63) is 70.0 Å². The molecule has 0 radical (unpaired) electrons. The quantitative estimate of drug-likeness (QED) is 0.537. The fourth-order valence-electron chi connectivity index (χ4n) is 1.83. The van der Waals surface area contributed by atoms with E-state index >= 15 is 0 Å². The number of ether oxygens (including phenoxy) is 2. The summed E-state index contributed by atoms with van der Waals surface area (Å²) in [5.74, 6) is 0.0236. The van der Waals surface area contributed by atoms with Gasteiger partial charge in [0.15, 0.2) is 0 Å². The summed E-state index contributed by atoms with van der Waals surface area (Å²) in [6.45, 7) is 2.45. The standard InChI is InChI=1S/C18H16BrFO3/c1-2-22-18(21)10-6-13-5-9-17(16(19)11-13)23-12-14-3-7-15(20)8-4-14/h3-11H,2,12H2,1H3/b10-6+. The summed E-state index contributed by atoms with van der Waals surface area (Å²) in [5, 5.41) is 0. The number of carbonyl (C=O) groups is 1. The van der Waals surface area contributed by atoms with Crippen LogP contribution in [0.4, 0.5) is 4.39 Å². The van der Waals surface area contributed by atoms with Crippen molar-refractivity contribution in [2.75, 3.05) is 6.61 Å². The Morgan fingerprint density at radius 1 is 1.22 bits per heavy atom. The zero-order chi connectivity index (χ0) is 16.7. The second-order valence-corrected chi connectivity index (χ2v) is 5.54. The molecule has 0 fully saturated rings. The highest BCUT2D eigenvalue weighted by Crippen LogP contribution is 2.27. The van der Waals surface area contributed by atoms with E-state index in [1.54, 1.807) is 31.2 Å². The molecule has 0 bridgehead atoms. The first kappa shape index (κ1) is 17.2. The van der Waals surface area contributed by atoms with Gasteiger partial charge in [-0.05, 0) is 64.3 Å². The minimum absolute atomic E-state index is 0.271. The zero-order valence-corrected chi connectivity index (χ0v) is 14.2. The first-order chi connectivity index (χ1) is 11.1. The molecule has 0 saturated carbocycles. The van der Waals surface area contributed by atoms with Crippen molar-refractivity contribution in [1.82, 2.24) is 0 Å². The van der Waals surface area contributed by atoms with Gasteiger partial charge in [0.25, 0.3) is 0 Å². The largest absolute Gasteiger partial charge is 0.488 e. The topological polar surface area (TPSA) is 35.5 Å². The van der Waals surface area contributed by atoms with Crippen LogP contribution in [0.5, 0.6) is 5.75 Å². The van der Waals surface area contributed by atoms with Crippen molar-refractivity contribution in [3.63, 3.8) is 0 Å². The van der Waals surface area contributed by atoms with Gasteiger partial charge in [-0.15, -0.1) is 0 Å². The molecule has 2 rings (SSSR count). The molecule has 0 N–H and O–H groups in total. The summed E-state index contributed by atoms with van der Waals surface area (Å²) in [7, 11) is 0. The van der Waals surface area contributed by atoms with Crippen LogP contribution in [0, 0.1) is 5.82 Å². The third-order valence-electron chi connectivity index (χ3n) is 2.96. The fraction of sp³-hybridized carbons (Fsp3) is 0.167. The van der Waals surface area contributed by atoms with Crippen LogP contribution in [0.25, 0.3) is 6.08 Å². The second kappa shape index (κ2) is 8.48. The third-order valence-corrected chi connectivity index (χ3v) is 3.58. The Morgan fingerprint density at radius 3 is 2.61 bits per heavy atom. The van der Waals surface area contributed by atoms with Crippen molar-refractivity contribution in [1.29, 1.82) is 0 Å². The van der Waals surface area contributed by atoms with E-state index in [1.165, 1.54) is 18.2 Å². The molecule has 5 heteroatoms. The number of halogens is 2. The van der Waals surface area contributed by atoms with Crippen molar-refractivity contribution in [2.45, 2.75) is 13.5 Å². The minimum atomic E-state index is -0.375. The van der Waals surface area contributed by atoms with Gasteiger partial charge in [-0.2, -0.15) is 0 Å². The molecule has 0 atom stereocenters. The van der Waals surface area contributed by atoms with Crippen LogP contribution in [0.2, 0.25) is 0 Å². The van der Waals surface area contributed by atoms with Crippen LogP contribution < -0.4 is 4.74 Å². The predicted octanol–water partition coefficient (Wildman–Crippen LogP) is 4.74. The lowest BCUT2D eigenvalue weighted by Gasteiger charge is -2.09. The summed E-state index contributed by atoms with van der Waals surface area (Å²) in [5.41, 5.74) is 1.73. The van der Waals surface area contributed by atoms with E-state index < -0.39 is 0 Å². The SMILES string of the molecule is CCOC(=O)/C=C/c1ccc(OCc2ccc(F)cc2)c(Br)c1. The van der Waals surface area contributed by atoms with Crippen LogP contribution in [-0.4, -0.2) is 12.6 Å². The molecule has 3 nitrogen and oxygen atoms in total. The summed E-state index contributed by atoms with van der Waals surface area (Å²) in [6, 6.07) is 11.6. The molecular formula is C18H16BrFO3. The van der Waals surface area contributed by atoms with Crippen LogP contribution in [-0.2, 0) is 16.1 Å². The van der Waals surface area contributed by atoms with Gasteiger partial charge in [-0.25, -0.2) is 9.18 Å². The van der Waals surface area contributed by atoms with E-state index in [9.17, 15) is 9.18 Å². The molecule has 0 aliphatic heterocycles. The van der Waals surface area contributed by atoms with Crippen molar-refractivity contribution >= 4 is 28.0 Å². The number of benzene rings is 2. The number of hydrogen-bond donors (Lipinski definition) is 0. The third kappa shape index (κ3) is 5.53. The van der Waals surface area contributed by atoms with Crippen LogP contribution in [0.3, 0.4) is 0 Å². The number of hydrogen-bond acceptors (Lipinski definition) is 3. The van der Waals surface area contributed by atoms with E-state index in [4.69, 9.17) is 9.47 Å². The molecule has 23 heavy (non-hydrogen) atoms. The first-order valence-corrected chi connectivity index (χ1v) is 7.89. The highest BCUT2D eigenvalue weighted by molar-refractivity contribution is 9.10. The molecule has 0 unspecified atom stereocenters. The van der Waals surface area contributed by atoms with Crippen molar-refractivity contribution < 1.29 is 18.7 Å². The molecule has 0 aliphatic rings. The lowest BCUT2D eigenvalue weighted by Crippen LogP contribution is -1.98. The van der Waals surface area contributed by atoms with Crippen LogP contribution in [0.1, 0.15) is 18.1 Å². The molecule has 2 aromatic carbocycles. The lowest BCUT2D eigenvalue weighted by molar-refractivity contribution is -0.137. The highest BCUT2D eigenvalue weighted by Gasteiger charge is 2.03. The maximum atomic E-state index is 12.8. The maximum Gasteiger partial charge on any atom is 0.330 e. The van der Waals surface area contributed by atoms with Gasteiger partial charge in [0.1, 0.15) is 18.2 Å². The van der Waals surface area contributed by atoms with Gasteiger partial charge in [-0.3, -0.25) is 0 Å². The summed E-state index contributed by atoms with van der Waals surface area (Å²) < 4.78 is 24.1. The van der Waals surface area contributed by atoms with Gasteiger partial charge in [0.05, 0.1) is 11.1 Å². The molecule has 120 valence electrons. The molecule has 0 amide bonds. The van der Waals surface area contributed by atoms with Crippen molar-refractivity contribution in [3.8, 4) is 5.75 Å². The number of rotatable bonds is 6. The molecule has 2 aromatic rings. The van der Waals surface area contributed by atoms with E-state index in [-0.39, 0.29) is 11.8 Å². The molecule has 0 saturated heterocycles. The van der Waals surface area contributed by atoms with Crippen molar-refractivity contribution in [2.24, 2.45) is 0 Å². The van der Waals surface area contributed by atoms with Crippen LogP contribution >= 0.6 is 15.9 Å². The van der Waals surface area contributed by atoms with Gasteiger partial charge >= 0.3 is 5.97 Å². The number of carbonyl (C=O) groups excluding carboxylic acids is 1. The smallest absolute Gasteiger partial charge is 0.330 e. The van der Waals surface area contributed by atoms with Gasteiger partial charge in [0.2, 0.25) is 0 Å². The normalized spacial score (nSPS) is 10.7. The first-order valence-electron chi connectivity index (χ1n) is 7.10. The highest BCUT2D eigenvalue weighted by atomic mass is 79.9. The minimum Gasteiger partial charge on any atom is -0.488 e. The fourth-order valence-corrected chi connectivity index (χ4v) is 2.35. The monoisotopic (exact) mass is 378 g/mol. The molecule has 0 aromatic heterocycles. The van der Waals surface area contributed by atoms with Crippen LogP contribution in [0.15, 0.2) is 53.0 Å².